The van der Waals surface area contributed by atoms with Crippen molar-refractivity contribution in [3.05, 3.63) is 21.3 Å². The van der Waals surface area contributed by atoms with Crippen molar-refractivity contribution in [3.8, 4) is 0 Å². The molecule has 3 nitrogen and oxygen atoms in total. The SMILES string of the molecule is NNC(=O)CCCCc1ccc(Cl)s1. The van der Waals surface area contributed by atoms with Gasteiger partial charge in [0.1, 0.15) is 0 Å². The average Bonchev–Trinajstić information content (AvgIpc) is 2.58. The van der Waals surface area contributed by atoms with Crippen molar-refractivity contribution in [3.63, 3.8) is 0 Å². The molecule has 0 spiro atoms. The maximum atomic E-state index is 10.8. The third-order valence-electron chi connectivity index (χ3n) is 1.87. The molecule has 5 heteroatoms. The molecule has 1 rings (SSSR count). The van der Waals surface area contributed by atoms with E-state index >= 15 is 0 Å². The lowest BCUT2D eigenvalue weighted by Crippen LogP contribution is -2.29. The lowest BCUT2D eigenvalue weighted by molar-refractivity contribution is -0.121. The Morgan fingerprint density at radius 3 is 2.86 bits per heavy atom. The quantitative estimate of drug-likeness (QED) is 0.354. The predicted molar refractivity (Wildman–Crippen MR) is 59.2 cm³/mol. The van der Waals surface area contributed by atoms with Crippen LogP contribution in [0.1, 0.15) is 24.1 Å². The number of aryl methyl sites for hydroxylation is 1. The van der Waals surface area contributed by atoms with Crippen LogP contribution >= 0.6 is 22.9 Å². The van der Waals surface area contributed by atoms with Crippen molar-refractivity contribution in [1.82, 2.24) is 5.43 Å². The number of hydrogen-bond acceptors (Lipinski definition) is 3. The molecule has 0 aliphatic rings. The van der Waals surface area contributed by atoms with Crippen molar-refractivity contribution in [1.29, 1.82) is 0 Å². The molecule has 0 fully saturated rings. The Morgan fingerprint density at radius 1 is 1.50 bits per heavy atom. The number of nitrogens with one attached hydrogen (secondary N) is 1. The first-order chi connectivity index (χ1) is 6.72. The largest absolute Gasteiger partial charge is 0.294 e. The maximum absolute atomic E-state index is 10.8. The van der Waals surface area contributed by atoms with Gasteiger partial charge in [0, 0.05) is 11.3 Å². The zero-order chi connectivity index (χ0) is 10.4. The van der Waals surface area contributed by atoms with Crippen LogP contribution in [0, 0.1) is 0 Å². The number of nitrogens with two attached hydrogens (primary N) is 1. The molecular formula is C9H13ClN2OS. The minimum absolute atomic E-state index is 0.103. The molecule has 1 aromatic rings. The zero-order valence-corrected chi connectivity index (χ0v) is 9.33. The predicted octanol–water partition coefficient (Wildman–Crippen LogP) is 2.10. The normalized spacial score (nSPS) is 10.1. The summed E-state index contributed by atoms with van der Waals surface area (Å²) in [6.07, 6.45) is 3.33. The van der Waals surface area contributed by atoms with Gasteiger partial charge in [0.25, 0.3) is 0 Å². The molecule has 0 bridgehead atoms. The molecule has 0 saturated carbocycles. The topological polar surface area (TPSA) is 55.1 Å². The average molecular weight is 233 g/mol. The van der Waals surface area contributed by atoms with Crippen LogP contribution in [-0.4, -0.2) is 5.91 Å². The highest BCUT2D eigenvalue weighted by Gasteiger charge is 2.00. The molecule has 14 heavy (non-hydrogen) atoms. The molecule has 0 saturated heterocycles. The molecule has 0 radical (unpaired) electrons. The summed E-state index contributed by atoms with van der Waals surface area (Å²) in [5, 5.41) is 0. The molecule has 1 aromatic heterocycles. The fraction of sp³-hybridized carbons (Fsp3) is 0.444. The Balaban J connectivity index is 2.13. The van der Waals surface area contributed by atoms with E-state index in [4.69, 9.17) is 17.4 Å². The number of carbonyl (C=O) groups excluding carboxylic acids is 1. The number of thiophene rings is 1. The summed E-state index contributed by atoms with van der Waals surface area (Å²) >= 11 is 7.38. The standard InChI is InChI=1S/C9H13ClN2OS/c10-8-6-5-7(14-8)3-1-2-4-9(13)12-11/h5-6H,1-4,11H2,(H,12,13). The Bertz CT molecular complexity index is 301. The Morgan fingerprint density at radius 2 is 2.29 bits per heavy atom. The number of hydrogen-bond donors (Lipinski definition) is 2. The van der Waals surface area contributed by atoms with E-state index in [-0.39, 0.29) is 5.91 Å². The molecule has 0 aromatic carbocycles. The van der Waals surface area contributed by atoms with Crippen molar-refractivity contribution in [2.75, 3.05) is 0 Å². The van der Waals surface area contributed by atoms with Gasteiger partial charge in [-0.25, -0.2) is 5.84 Å². The van der Waals surface area contributed by atoms with Crippen LogP contribution in [0.2, 0.25) is 4.34 Å². The summed E-state index contributed by atoms with van der Waals surface area (Å²) in [6.45, 7) is 0. The van der Waals surface area contributed by atoms with E-state index in [9.17, 15) is 4.79 Å². The fourth-order valence-corrected chi connectivity index (χ4v) is 2.27. The first kappa shape index (κ1) is 11.5. The Labute approximate surface area is 92.2 Å². The second-order valence-corrected chi connectivity index (χ2v) is 4.78. The number of carbonyl (C=O) groups is 1. The van der Waals surface area contributed by atoms with Gasteiger partial charge in [-0.15, -0.1) is 11.3 Å². The highest BCUT2D eigenvalue weighted by atomic mass is 35.5. The van der Waals surface area contributed by atoms with Gasteiger partial charge in [-0.3, -0.25) is 10.2 Å². The fourth-order valence-electron chi connectivity index (χ4n) is 1.14. The minimum Gasteiger partial charge on any atom is -0.294 e. The van der Waals surface area contributed by atoms with Crippen molar-refractivity contribution >= 4 is 28.8 Å². The smallest absolute Gasteiger partial charge is 0.233 e. The van der Waals surface area contributed by atoms with Gasteiger partial charge in [-0.2, -0.15) is 0 Å². The first-order valence-electron chi connectivity index (χ1n) is 4.46. The zero-order valence-electron chi connectivity index (χ0n) is 7.75. The van der Waals surface area contributed by atoms with Crippen molar-refractivity contribution < 1.29 is 4.79 Å². The molecule has 1 heterocycles. The summed E-state index contributed by atoms with van der Waals surface area (Å²) in [7, 11) is 0. The van der Waals surface area contributed by atoms with Crippen LogP contribution in [0.15, 0.2) is 12.1 Å². The van der Waals surface area contributed by atoms with E-state index in [0.717, 1.165) is 23.6 Å². The minimum atomic E-state index is -0.103. The van der Waals surface area contributed by atoms with Gasteiger partial charge in [-0.1, -0.05) is 11.6 Å². The molecule has 3 N–H and O–H groups in total. The number of amides is 1. The molecule has 0 aliphatic carbocycles. The molecule has 0 unspecified atom stereocenters. The van der Waals surface area contributed by atoms with Crippen LogP contribution < -0.4 is 11.3 Å². The monoisotopic (exact) mass is 232 g/mol. The van der Waals surface area contributed by atoms with Crippen LogP contribution in [0.3, 0.4) is 0 Å². The Kier molecular flexibility index (Phi) is 4.93. The summed E-state index contributed by atoms with van der Waals surface area (Å²) in [4.78, 5) is 12.0. The number of unbranched alkanes of at least 4 members (excludes halogenated alkanes) is 1. The van der Waals surface area contributed by atoms with Crippen LogP contribution in [0.4, 0.5) is 0 Å². The summed E-state index contributed by atoms with van der Waals surface area (Å²) < 4.78 is 0.819. The maximum Gasteiger partial charge on any atom is 0.233 e. The van der Waals surface area contributed by atoms with Gasteiger partial charge in [0.05, 0.1) is 4.34 Å². The molecule has 0 aliphatic heterocycles. The molecular weight excluding hydrogens is 220 g/mol. The third kappa shape index (κ3) is 4.09. The van der Waals surface area contributed by atoms with Crippen LogP contribution in [0.5, 0.6) is 0 Å². The van der Waals surface area contributed by atoms with Crippen molar-refractivity contribution in [2.24, 2.45) is 5.84 Å². The molecule has 0 atom stereocenters. The first-order valence-corrected chi connectivity index (χ1v) is 5.65. The molecule has 78 valence electrons. The van der Waals surface area contributed by atoms with E-state index in [1.807, 2.05) is 12.1 Å². The van der Waals surface area contributed by atoms with Gasteiger partial charge >= 0.3 is 0 Å². The summed E-state index contributed by atoms with van der Waals surface area (Å²) in [6, 6.07) is 3.92. The van der Waals surface area contributed by atoms with E-state index < -0.39 is 0 Å². The van der Waals surface area contributed by atoms with Gasteiger partial charge in [0.15, 0.2) is 0 Å². The van der Waals surface area contributed by atoms with E-state index in [2.05, 4.69) is 5.43 Å². The van der Waals surface area contributed by atoms with Gasteiger partial charge in [0.2, 0.25) is 5.91 Å². The summed E-state index contributed by atoms with van der Waals surface area (Å²) in [5.74, 6) is 4.85. The number of hydrazine groups is 1. The number of rotatable bonds is 5. The lowest BCUT2D eigenvalue weighted by atomic mass is 10.2. The van der Waals surface area contributed by atoms with E-state index in [0.29, 0.717) is 6.42 Å². The van der Waals surface area contributed by atoms with E-state index in [1.165, 1.54) is 4.88 Å². The van der Waals surface area contributed by atoms with E-state index in [1.54, 1.807) is 11.3 Å². The Hall–Kier alpha value is -0.580. The highest BCUT2D eigenvalue weighted by Crippen LogP contribution is 2.22. The highest BCUT2D eigenvalue weighted by molar-refractivity contribution is 7.16. The second kappa shape index (κ2) is 6.01. The van der Waals surface area contributed by atoms with Crippen molar-refractivity contribution in [2.45, 2.75) is 25.7 Å². The third-order valence-corrected chi connectivity index (χ3v) is 3.16. The molecule has 1 amide bonds. The second-order valence-electron chi connectivity index (χ2n) is 2.98. The van der Waals surface area contributed by atoms with Crippen LogP contribution in [-0.2, 0) is 11.2 Å². The number of halogens is 1. The van der Waals surface area contributed by atoms with Gasteiger partial charge < -0.3 is 0 Å². The lowest BCUT2D eigenvalue weighted by Gasteiger charge is -1.98. The summed E-state index contributed by atoms with van der Waals surface area (Å²) in [5.41, 5.74) is 2.11. The van der Waals surface area contributed by atoms with Crippen LogP contribution in [0.25, 0.3) is 0 Å². The van der Waals surface area contributed by atoms with Gasteiger partial charge in [-0.05, 0) is 31.4 Å².